The maximum absolute atomic E-state index is 5.84. The highest BCUT2D eigenvalue weighted by Gasteiger charge is 2.26. The van der Waals surface area contributed by atoms with Crippen LogP contribution in [0.5, 0.6) is 0 Å². The molecule has 124 valence electrons. The summed E-state index contributed by atoms with van der Waals surface area (Å²) in [5, 5.41) is 0. The molecule has 0 bridgehead atoms. The van der Waals surface area contributed by atoms with E-state index >= 15 is 0 Å². The van der Waals surface area contributed by atoms with Crippen molar-refractivity contribution in [1.82, 2.24) is 4.90 Å². The Labute approximate surface area is 127 Å². The number of hydrogen-bond donors (Lipinski definition) is 0. The maximum atomic E-state index is 5.84. The van der Waals surface area contributed by atoms with Crippen LogP contribution in [0.2, 0.25) is 0 Å². The molecule has 21 heavy (non-hydrogen) atoms. The molecule has 6 heteroatoms. The van der Waals surface area contributed by atoms with Crippen LogP contribution in [0, 0.1) is 0 Å². The van der Waals surface area contributed by atoms with Crippen molar-refractivity contribution in [2.24, 2.45) is 0 Å². The standard InChI is InChI=1S/C15H29NO5/c1-12-18-7-4-14(20-12)10-16(6-9-17-3)11-15-5-8-19-13(2)21-15/h12-15H,4-11H2,1-3H3. The van der Waals surface area contributed by atoms with E-state index in [0.29, 0.717) is 0 Å². The summed E-state index contributed by atoms with van der Waals surface area (Å²) in [7, 11) is 1.73. The summed E-state index contributed by atoms with van der Waals surface area (Å²) >= 11 is 0. The first-order valence-electron chi connectivity index (χ1n) is 7.92. The van der Waals surface area contributed by atoms with Crippen LogP contribution >= 0.6 is 0 Å². The van der Waals surface area contributed by atoms with Gasteiger partial charge in [-0.05, 0) is 26.7 Å². The SMILES string of the molecule is COCCN(CC1CCOC(C)O1)CC1CCOC(C)O1. The van der Waals surface area contributed by atoms with Crippen molar-refractivity contribution in [3.05, 3.63) is 0 Å². The fourth-order valence-corrected chi connectivity index (χ4v) is 2.81. The molecule has 2 saturated heterocycles. The van der Waals surface area contributed by atoms with E-state index in [4.69, 9.17) is 23.7 Å². The van der Waals surface area contributed by atoms with Crippen LogP contribution in [0.3, 0.4) is 0 Å². The summed E-state index contributed by atoms with van der Waals surface area (Å²) in [6.45, 7) is 8.85. The Balaban J connectivity index is 1.81. The van der Waals surface area contributed by atoms with Crippen LogP contribution in [0.25, 0.3) is 0 Å². The second-order valence-corrected chi connectivity index (χ2v) is 5.72. The van der Waals surface area contributed by atoms with Gasteiger partial charge in [0.05, 0.1) is 32.0 Å². The number of methoxy groups -OCH3 is 1. The molecular weight excluding hydrogens is 274 g/mol. The maximum Gasteiger partial charge on any atom is 0.155 e. The van der Waals surface area contributed by atoms with Gasteiger partial charge < -0.3 is 23.7 Å². The lowest BCUT2D eigenvalue weighted by atomic mass is 10.2. The Bertz CT molecular complexity index is 267. The fraction of sp³-hybridized carbons (Fsp3) is 1.00. The van der Waals surface area contributed by atoms with Gasteiger partial charge in [-0.25, -0.2) is 0 Å². The van der Waals surface area contributed by atoms with Gasteiger partial charge in [-0.2, -0.15) is 0 Å². The van der Waals surface area contributed by atoms with Gasteiger partial charge in [0.2, 0.25) is 0 Å². The summed E-state index contributed by atoms with van der Waals surface area (Å²) in [5.74, 6) is 0. The highest BCUT2D eigenvalue weighted by Crippen LogP contribution is 2.16. The van der Waals surface area contributed by atoms with Crippen LogP contribution in [0.4, 0.5) is 0 Å². The average Bonchev–Trinajstić information content (AvgIpc) is 2.45. The van der Waals surface area contributed by atoms with Crippen molar-refractivity contribution in [2.75, 3.05) is 46.6 Å². The number of ether oxygens (including phenoxy) is 5. The molecule has 0 amide bonds. The van der Waals surface area contributed by atoms with Gasteiger partial charge >= 0.3 is 0 Å². The second kappa shape index (κ2) is 9.02. The molecule has 0 aromatic carbocycles. The van der Waals surface area contributed by atoms with Gasteiger partial charge in [-0.1, -0.05) is 0 Å². The largest absolute Gasteiger partial charge is 0.383 e. The Morgan fingerprint density at radius 2 is 1.48 bits per heavy atom. The quantitative estimate of drug-likeness (QED) is 0.705. The molecule has 4 atom stereocenters. The average molecular weight is 303 g/mol. The lowest BCUT2D eigenvalue weighted by Gasteiger charge is -2.36. The van der Waals surface area contributed by atoms with Crippen LogP contribution in [-0.2, 0) is 23.7 Å². The number of hydrogen-bond acceptors (Lipinski definition) is 6. The molecular formula is C15H29NO5. The normalized spacial score (nSPS) is 34.3. The molecule has 2 heterocycles. The van der Waals surface area contributed by atoms with Crippen molar-refractivity contribution in [3.8, 4) is 0 Å². The first kappa shape index (κ1) is 17.1. The lowest BCUT2D eigenvalue weighted by Crippen LogP contribution is -2.46. The predicted octanol–water partition coefficient (Wildman–Crippen LogP) is 1.24. The van der Waals surface area contributed by atoms with Crippen molar-refractivity contribution in [3.63, 3.8) is 0 Å². The molecule has 0 radical (unpaired) electrons. The van der Waals surface area contributed by atoms with E-state index in [0.717, 1.165) is 52.3 Å². The van der Waals surface area contributed by atoms with E-state index < -0.39 is 0 Å². The molecule has 2 aliphatic heterocycles. The minimum absolute atomic E-state index is 0.104. The van der Waals surface area contributed by atoms with Gasteiger partial charge in [-0.3, -0.25) is 4.90 Å². The predicted molar refractivity (Wildman–Crippen MR) is 78.1 cm³/mol. The first-order valence-corrected chi connectivity index (χ1v) is 7.92. The van der Waals surface area contributed by atoms with Crippen LogP contribution in [0.15, 0.2) is 0 Å². The smallest absolute Gasteiger partial charge is 0.155 e. The Kier molecular flexibility index (Phi) is 7.36. The fourth-order valence-electron chi connectivity index (χ4n) is 2.81. The lowest BCUT2D eigenvalue weighted by molar-refractivity contribution is -0.216. The molecule has 0 N–H and O–H groups in total. The second-order valence-electron chi connectivity index (χ2n) is 5.72. The summed E-state index contributed by atoms with van der Waals surface area (Å²) in [6, 6.07) is 0. The van der Waals surface area contributed by atoms with Gasteiger partial charge in [0.1, 0.15) is 0 Å². The highest BCUT2D eigenvalue weighted by molar-refractivity contribution is 4.74. The number of rotatable bonds is 7. The van der Waals surface area contributed by atoms with E-state index in [2.05, 4.69) is 4.90 Å². The van der Waals surface area contributed by atoms with E-state index in [1.165, 1.54) is 0 Å². The molecule has 0 aromatic heterocycles. The Morgan fingerprint density at radius 3 is 1.90 bits per heavy atom. The van der Waals surface area contributed by atoms with Gasteiger partial charge in [0.15, 0.2) is 12.6 Å². The third-order valence-electron chi connectivity index (χ3n) is 3.89. The first-order chi connectivity index (χ1) is 10.2. The third-order valence-corrected chi connectivity index (χ3v) is 3.89. The molecule has 0 spiro atoms. The zero-order valence-corrected chi connectivity index (χ0v) is 13.5. The van der Waals surface area contributed by atoms with Gasteiger partial charge in [0.25, 0.3) is 0 Å². The van der Waals surface area contributed by atoms with E-state index in [9.17, 15) is 0 Å². The van der Waals surface area contributed by atoms with Crippen LogP contribution in [-0.4, -0.2) is 76.3 Å². The minimum Gasteiger partial charge on any atom is -0.383 e. The summed E-state index contributed by atoms with van der Waals surface area (Å²) in [4.78, 5) is 2.37. The molecule has 4 unspecified atom stereocenters. The summed E-state index contributed by atoms with van der Waals surface area (Å²) in [5.41, 5.74) is 0. The van der Waals surface area contributed by atoms with E-state index in [1.54, 1.807) is 7.11 Å². The topological polar surface area (TPSA) is 49.4 Å². The highest BCUT2D eigenvalue weighted by atomic mass is 16.7. The monoisotopic (exact) mass is 303 g/mol. The van der Waals surface area contributed by atoms with E-state index in [-0.39, 0.29) is 24.8 Å². The molecule has 0 aromatic rings. The van der Waals surface area contributed by atoms with Crippen LogP contribution in [0.1, 0.15) is 26.7 Å². The zero-order valence-electron chi connectivity index (χ0n) is 13.5. The van der Waals surface area contributed by atoms with Crippen molar-refractivity contribution < 1.29 is 23.7 Å². The summed E-state index contributed by atoms with van der Waals surface area (Å²) in [6.07, 6.45) is 2.13. The Morgan fingerprint density at radius 1 is 0.952 bits per heavy atom. The number of nitrogens with zero attached hydrogens (tertiary/aromatic N) is 1. The van der Waals surface area contributed by atoms with Crippen LogP contribution < -0.4 is 0 Å². The summed E-state index contributed by atoms with van der Waals surface area (Å²) < 4.78 is 27.8. The van der Waals surface area contributed by atoms with Crippen molar-refractivity contribution >= 4 is 0 Å². The molecule has 2 aliphatic rings. The molecule has 0 aliphatic carbocycles. The van der Waals surface area contributed by atoms with Crippen molar-refractivity contribution in [1.29, 1.82) is 0 Å². The molecule has 6 nitrogen and oxygen atoms in total. The van der Waals surface area contributed by atoms with Crippen molar-refractivity contribution in [2.45, 2.75) is 51.5 Å². The van der Waals surface area contributed by atoms with E-state index in [1.807, 2.05) is 13.8 Å². The minimum atomic E-state index is -0.104. The third kappa shape index (κ3) is 6.18. The van der Waals surface area contributed by atoms with Gasteiger partial charge in [-0.15, -0.1) is 0 Å². The molecule has 2 fully saturated rings. The zero-order chi connectivity index (χ0) is 15.1. The Hall–Kier alpha value is -0.240. The molecule has 2 rings (SSSR count). The van der Waals surface area contributed by atoms with Gasteiger partial charge in [0, 0.05) is 26.7 Å². The molecule has 0 saturated carbocycles.